The summed E-state index contributed by atoms with van der Waals surface area (Å²) in [6, 6.07) is 10.9. The molecule has 6 heteroatoms. The van der Waals surface area contributed by atoms with Crippen LogP contribution in [0.3, 0.4) is 0 Å². The molecule has 2 aromatic rings. The zero-order valence-electron chi connectivity index (χ0n) is 11.9. The molecule has 0 radical (unpaired) electrons. The van der Waals surface area contributed by atoms with E-state index in [1.54, 1.807) is 38.2 Å². The summed E-state index contributed by atoms with van der Waals surface area (Å²) in [5.41, 5.74) is 1.35. The molecular formula is C15H17FN2O2S. The van der Waals surface area contributed by atoms with Gasteiger partial charge in [-0.2, -0.15) is 0 Å². The Hall–Kier alpha value is -1.92. The highest BCUT2D eigenvalue weighted by Gasteiger charge is 2.19. The minimum absolute atomic E-state index is 0.0470. The average molecular weight is 308 g/mol. The number of hydrogen-bond donors (Lipinski definition) is 2. The highest BCUT2D eigenvalue weighted by atomic mass is 32.2. The van der Waals surface area contributed by atoms with Crippen LogP contribution < -0.4 is 10.0 Å². The van der Waals surface area contributed by atoms with Crippen molar-refractivity contribution in [2.45, 2.75) is 18.4 Å². The predicted molar refractivity (Wildman–Crippen MR) is 81.2 cm³/mol. The Morgan fingerprint density at radius 3 is 2.57 bits per heavy atom. The van der Waals surface area contributed by atoms with Crippen molar-refractivity contribution in [3.8, 4) is 0 Å². The number of hydrogen-bond acceptors (Lipinski definition) is 3. The fraction of sp³-hybridized carbons (Fsp3) is 0.200. The highest BCUT2D eigenvalue weighted by molar-refractivity contribution is 7.92. The number of rotatable bonds is 5. The largest absolute Gasteiger partial charge is 0.316 e. The summed E-state index contributed by atoms with van der Waals surface area (Å²) in [4.78, 5) is 0.139. The van der Waals surface area contributed by atoms with Crippen LogP contribution in [-0.2, 0) is 16.6 Å². The van der Waals surface area contributed by atoms with Crippen molar-refractivity contribution < 1.29 is 12.8 Å². The van der Waals surface area contributed by atoms with E-state index in [0.717, 1.165) is 5.56 Å². The van der Waals surface area contributed by atoms with Gasteiger partial charge in [-0.1, -0.05) is 24.3 Å². The van der Waals surface area contributed by atoms with Gasteiger partial charge in [0.25, 0.3) is 10.0 Å². The fourth-order valence-electron chi connectivity index (χ4n) is 2.02. The van der Waals surface area contributed by atoms with Crippen molar-refractivity contribution >= 4 is 15.7 Å². The third kappa shape index (κ3) is 3.59. The van der Waals surface area contributed by atoms with Crippen molar-refractivity contribution in [2.24, 2.45) is 0 Å². The van der Waals surface area contributed by atoms with Crippen molar-refractivity contribution in [1.82, 2.24) is 5.32 Å². The van der Waals surface area contributed by atoms with E-state index in [-0.39, 0.29) is 10.6 Å². The maximum atomic E-state index is 13.7. The lowest BCUT2D eigenvalue weighted by Crippen LogP contribution is -2.18. The maximum Gasteiger partial charge on any atom is 0.262 e. The zero-order chi connectivity index (χ0) is 15.5. The van der Waals surface area contributed by atoms with Crippen LogP contribution in [0.1, 0.15) is 11.1 Å². The van der Waals surface area contributed by atoms with E-state index in [2.05, 4.69) is 10.0 Å². The van der Waals surface area contributed by atoms with Gasteiger partial charge in [-0.25, -0.2) is 12.8 Å². The van der Waals surface area contributed by atoms with E-state index < -0.39 is 15.8 Å². The van der Waals surface area contributed by atoms with Crippen LogP contribution >= 0.6 is 0 Å². The highest BCUT2D eigenvalue weighted by Crippen LogP contribution is 2.22. The minimum Gasteiger partial charge on any atom is -0.316 e. The number of halogens is 1. The molecule has 112 valence electrons. The molecule has 0 saturated carbocycles. The van der Waals surface area contributed by atoms with Gasteiger partial charge in [0.2, 0.25) is 0 Å². The zero-order valence-corrected chi connectivity index (χ0v) is 12.7. The van der Waals surface area contributed by atoms with Gasteiger partial charge in [0.05, 0.1) is 10.6 Å². The SMILES string of the molecule is CNCc1ccccc1S(=O)(=O)Nc1cc(C)ccc1F. The number of benzene rings is 2. The molecule has 0 aromatic heterocycles. The Balaban J connectivity index is 2.41. The van der Waals surface area contributed by atoms with Crippen LogP contribution in [0.5, 0.6) is 0 Å². The standard InChI is InChI=1S/C15H17FN2O2S/c1-11-7-8-13(16)14(9-11)18-21(19,20)15-6-4-3-5-12(15)10-17-2/h3-9,17-18H,10H2,1-2H3. The summed E-state index contributed by atoms with van der Waals surface area (Å²) < 4.78 is 40.9. The first kappa shape index (κ1) is 15.5. The molecule has 0 spiro atoms. The van der Waals surface area contributed by atoms with Crippen molar-refractivity contribution in [2.75, 3.05) is 11.8 Å². The second-order valence-corrected chi connectivity index (χ2v) is 6.38. The van der Waals surface area contributed by atoms with E-state index in [4.69, 9.17) is 0 Å². The molecular weight excluding hydrogens is 291 g/mol. The van der Waals surface area contributed by atoms with Crippen molar-refractivity contribution in [3.05, 3.63) is 59.4 Å². The van der Waals surface area contributed by atoms with Gasteiger partial charge < -0.3 is 5.32 Å². The predicted octanol–water partition coefficient (Wildman–Crippen LogP) is 2.65. The smallest absolute Gasteiger partial charge is 0.262 e. The first-order valence-electron chi connectivity index (χ1n) is 6.45. The molecule has 0 heterocycles. The number of sulfonamides is 1. The van der Waals surface area contributed by atoms with Crippen LogP contribution in [0, 0.1) is 12.7 Å². The normalized spacial score (nSPS) is 11.4. The molecule has 0 saturated heterocycles. The quantitative estimate of drug-likeness (QED) is 0.893. The minimum atomic E-state index is -3.84. The van der Waals surface area contributed by atoms with Crippen LogP contribution in [-0.4, -0.2) is 15.5 Å². The van der Waals surface area contributed by atoms with Crippen LogP contribution in [0.25, 0.3) is 0 Å². The molecule has 0 aliphatic heterocycles. The van der Waals surface area contributed by atoms with Gasteiger partial charge in [-0.05, 0) is 43.3 Å². The number of anilines is 1. The van der Waals surface area contributed by atoms with Crippen molar-refractivity contribution in [1.29, 1.82) is 0 Å². The molecule has 21 heavy (non-hydrogen) atoms. The molecule has 0 aliphatic carbocycles. The first-order valence-corrected chi connectivity index (χ1v) is 7.94. The summed E-state index contributed by atoms with van der Waals surface area (Å²) in [6.07, 6.45) is 0. The van der Waals surface area contributed by atoms with E-state index in [1.807, 2.05) is 0 Å². The maximum absolute atomic E-state index is 13.7. The monoisotopic (exact) mass is 308 g/mol. The lowest BCUT2D eigenvalue weighted by atomic mass is 10.2. The molecule has 0 unspecified atom stereocenters. The van der Waals surface area contributed by atoms with Gasteiger partial charge in [0.1, 0.15) is 5.82 Å². The topological polar surface area (TPSA) is 58.2 Å². The average Bonchev–Trinajstić information content (AvgIpc) is 2.43. The Morgan fingerprint density at radius 2 is 1.86 bits per heavy atom. The summed E-state index contributed by atoms with van der Waals surface area (Å²) in [5, 5.41) is 2.91. The van der Waals surface area contributed by atoms with E-state index in [0.29, 0.717) is 12.1 Å². The summed E-state index contributed by atoms with van der Waals surface area (Å²) in [7, 11) is -2.10. The molecule has 2 rings (SSSR count). The third-order valence-electron chi connectivity index (χ3n) is 3.00. The lowest BCUT2D eigenvalue weighted by molar-refractivity contribution is 0.596. The summed E-state index contributed by atoms with van der Waals surface area (Å²) in [6.45, 7) is 2.18. The van der Waals surface area contributed by atoms with Crippen molar-refractivity contribution in [3.63, 3.8) is 0 Å². The molecule has 4 nitrogen and oxygen atoms in total. The molecule has 0 aliphatic rings. The number of aryl methyl sites for hydroxylation is 1. The van der Waals surface area contributed by atoms with Gasteiger partial charge in [0.15, 0.2) is 0 Å². The molecule has 2 aromatic carbocycles. The van der Waals surface area contributed by atoms with Gasteiger partial charge >= 0.3 is 0 Å². The van der Waals surface area contributed by atoms with E-state index in [1.165, 1.54) is 18.2 Å². The summed E-state index contributed by atoms with van der Waals surface area (Å²) >= 11 is 0. The van der Waals surface area contributed by atoms with Gasteiger partial charge in [0, 0.05) is 6.54 Å². The van der Waals surface area contributed by atoms with Crippen LogP contribution in [0.4, 0.5) is 10.1 Å². The Labute approximate surface area is 124 Å². The summed E-state index contributed by atoms with van der Waals surface area (Å²) in [5.74, 6) is -0.602. The molecule has 0 amide bonds. The molecule has 2 N–H and O–H groups in total. The Kier molecular flexibility index (Phi) is 4.59. The Bertz CT molecular complexity index is 745. The molecule has 0 bridgehead atoms. The fourth-order valence-corrected chi connectivity index (χ4v) is 3.32. The van der Waals surface area contributed by atoms with Gasteiger partial charge in [-0.3, -0.25) is 4.72 Å². The van der Waals surface area contributed by atoms with Gasteiger partial charge in [-0.15, -0.1) is 0 Å². The second-order valence-electron chi connectivity index (χ2n) is 4.73. The molecule has 0 atom stereocenters. The Morgan fingerprint density at radius 1 is 1.14 bits per heavy atom. The van der Waals surface area contributed by atoms with E-state index >= 15 is 0 Å². The van der Waals surface area contributed by atoms with E-state index in [9.17, 15) is 12.8 Å². The first-order chi connectivity index (χ1) is 9.94. The second kappa shape index (κ2) is 6.24. The van der Waals surface area contributed by atoms with Crippen LogP contribution in [0.15, 0.2) is 47.4 Å². The number of nitrogens with one attached hydrogen (secondary N) is 2. The van der Waals surface area contributed by atoms with Crippen LogP contribution in [0.2, 0.25) is 0 Å². The molecule has 0 fully saturated rings. The third-order valence-corrected chi connectivity index (χ3v) is 4.46. The lowest BCUT2D eigenvalue weighted by Gasteiger charge is -2.13.